The Bertz CT molecular complexity index is 1240. The third-order valence-corrected chi connectivity index (χ3v) is 7.52. The number of piperidine rings is 1. The van der Waals surface area contributed by atoms with Gasteiger partial charge >= 0.3 is 0 Å². The Labute approximate surface area is 200 Å². The first-order valence-electron chi connectivity index (χ1n) is 11.1. The molecule has 33 heavy (non-hydrogen) atoms. The number of nitrogens with one attached hydrogen (secondary N) is 2. The molecular weight excluding hydrogens is 460 g/mol. The van der Waals surface area contributed by atoms with Crippen LogP contribution in [0.5, 0.6) is 0 Å². The van der Waals surface area contributed by atoms with Crippen molar-refractivity contribution >= 4 is 46.1 Å². The number of hydrogen-bond acceptors (Lipinski definition) is 7. The van der Waals surface area contributed by atoms with Crippen LogP contribution in [0.4, 0.5) is 5.82 Å². The van der Waals surface area contributed by atoms with E-state index >= 15 is 0 Å². The second kappa shape index (κ2) is 9.80. The lowest BCUT2D eigenvalue weighted by atomic mass is 10.0. The minimum absolute atomic E-state index is 0.0122. The number of nitrogens with zero attached hydrogens (tertiary/aromatic N) is 4. The molecule has 10 heteroatoms. The number of carbonyl (C=O) groups excluding carboxylic acids is 1. The molecule has 172 valence electrons. The number of hydrogen-bond donors (Lipinski definition) is 2. The highest BCUT2D eigenvalue weighted by molar-refractivity contribution is 8.00. The van der Waals surface area contributed by atoms with Crippen molar-refractivity contribution < 1.29 is 4.79 Å². The molecule has 0 bridgehead atoms. The summed E-state index contributed by atoms with van der Waals surface area (Å²) in [6.07, 6.45) is 3.75. The van der Waals surface area contributed by atoms with Gasteiger partial charge in [0.25, 0.3) is 5.56 Å². The van der Waals surface area contributed by atoms with Crippen molar-refractivity contribution in [1.82, 2.24) is 24.8 Å². The maximum Gasteiger partial charge on any atom is 0.252 e. The Balaban J connectivity index is 1.14. The highest BCUT2D eigenvalue weighted by Crippen LogP contribution is 2.33. The van der Waals surface area contributed by atoms with Gasteiger partial charge in [-0.05, 0) is 50.2 Å². The molecule has 0 saturated carbocycles. The summed E-state index contributed by atoms with van der Waals surface area (Å²) in [6, 6.07) is 9.57. The number of thioether (sulfide) groups is 1. The van der Waals surface area contributed by atoms with Crippen molar-refractivity contribution in [2.24, 2.45) is 0 Å². The van der Waals surface area contributed by atoms with E-state index in [4.69, 9.17) is 11.6 Å². The van der Waals surface area contributed by atoms with E-state index in [-0.39, 0.29) is 11.5 Å². The Morgan fingerprint density at radius 3 is 2.88 bits per heavy atom. The zero-order chi connectivity index (χ0) is 22.8. The minimum Gasteiger partial charge on any atom is -0.309 e. The molecule has 3 aromatic rings. The number of pyridine rings is 3. The molecule has 0 atom stereocenters. The summed E-state index contributed by atoms with van der Waals surface area (Å²) >= 11 is 7.88. The molecule has 1 amide bonds. The lowest BCUT2D eigenvalue weighted by Gasteiger charge is -2.32. The summed E-state index contributed by atoms with van der Waals surface area (Å²) < 4.78 is 1.76. The number of fused-ring (bicyclic) bond motifs is 2. The molecule has 8 nitrogen and oxygen atoms in total. The van der Waals surface area contributed by atoms with Gasteiger partial charge in [-0.15, -0.1) is 11.8 Å². The van der Waals surface area contributed by atoms with Crippen LogP contribution in [0.25, 0.3) is 11.0 Å². The normalized spacial score (nSPS) is 17.2. The van der Waals surface area contributed by atoms with Gasteiger partial charge in [-0.2, -0.15) is 0 Å². The quantitative estimate of drug-likeness (QED) is 0.555. The second-order valence-electron chi connectivity index (χ2n) is 8.34. The molecule has 0 radical (unpaired) electrons. The predicted octanol–water partition coefficient (Wildman–Crippen LogP) is 2.74. The van der Waals surface area contributed by atoms with Gasteiger partial charge in [0, 0.05) is 43.3 Å². The zero-order valence-corrected chi connectivity index (χ0v) is 19.7. The first kappa shape index (κ1) is 22.3. The van der Waals surface area contributed by atoms with Crippen LogP contribution in [-0.2, 0) is 17.9 Å². The van der Waals surface area contributed by atoms with Gasteiger partial charge in [-0.1, -0.05) is 11.6 Å². The summed E-state index contributed by atoms with van der Waals surface area (Å²) in [7, 11) is 0. The van der Waals surface area contributed by atoms with Gasteiger partial charge in [0.1, 0.15) is 11.5 Å². The van der Waals surface area contributed by atoms with Gasteiger partial charge in [-0.25, -0.2) is 9.97 Å². The van der Waals surface area contributed by atoms with Crippen LogP contribution in [0, 0.1) is 0 Å². The van der Waals surface area contributed by atoms with E-state index in [0.717, 1.165) is 54.1 Å². The number of halogens is 1. The van der Waals surface area contributed by atoms with Crippen LogP contribution in [0.3, 0.4) is 0 Å². The molecule has 2 aliphatic heterocycles. The van der Waals surface area contributed by atoms with Gasteiger partial charge in [0.2, 0.25) is 5.91 Å². The monoisotopic (exact) mass is 484 g/mol. The molecule has 3 aromatic heterocycles. The summed E-state index contributed by atoms with van der Waals surface area (Å²) in [5.74, 6) is 0.966. The number of likely N-dealkylation sites (tertiary alicyclic amines) is 1. The van der Waals surface area contributed by atoms with Crippen molar-refractivity contribution in [1.29, 1.82) is 0 Å². The summed E-state index contributed by atoms with van der Waals surface area (Å²) in [5, 5.41) is 7.99. The van der Waals surface area contributed by atoms with Crippen LogP contribution in [-0.4, -0.2) is 56.8 Å². The molecule has 2 N–H and O–H groups in total. The molecule has 2 aliphatic rings. The van der Waals surface area contributed by atoms with Crippen molar-refractivity contribution in [3.63, 3.8) is 0 Å². The largest absolute Gasteiger partial charge is 0.309 e. The first-order valence-corrected chi connectivity index (χ1v) is 12.5. The van der Waals surface area contributed by atoms with E-state index in [1.165, 1.54) is 11.8 Å². The van der Waals surface area contributed by atoms with Gasteiger partial charge < -0.3 is 15.5 Å². The summed E-state index contributed by atoms with van der Waals surface area (Å²) in [6.45, 7) is 3.93. The highest BCUT2D eigenvalue weighted by Gasteiger charge is 2.22. The van der Waals surface area contributed by atoms with Crippen LogP contribution in [0.1, 0.15) is 18.5 Å². The molecule has 5 heterocycles. The Morgan fingerprint density at radius 1 is 1.18 bits per heavy atom. The molecule has 1 saturated heterocycles. The molecule has 0 unspecified atom stereocenters. The van der Waals surface area contributed by atoms with Gasteiger partial charge in [-0.3, -0.25) is 14.2 Å². The summed E-state index contributed by atoms with van der Waals surface area (Å²) in [4.78, 5) is 36.3. The molecule has 0 aromatic carbocycles. The van der Waals surface area contributed by atoms with Crippen LogP contribution >= 0.6 is 23.4 Å². The van der Waals surface area contributed by atoms with Crippen molar-refractivity contribution in [3.8, 4) is 0 Å². The summed E-state index contributed by atoms with van der Waals surface area (Å²) in [5.41, 5.74) is 1.48. The van der Waals surface area contributed by atoms with Crippen LogP contribution in [0.15, 0.2) is 46.2 Å². The standard InChI is InChI=1S/C23H25ClN6O2S/c24-17-12-19-22(28-20(31)14-33-19)27-18(17)13-26-16-5-8-29(9-6-16)10-11-30-21(32)4-3-15-2-1-7-25-23(15)30/h1-4,7,12,16,26H,5-6,8-11,13-14H2,(H,27,28,31). The van der Waals surface area contributed by atoms with E-state index in [0.29, 0.717) is 35.7 Å². The topological polar surface area (TPSA) is 92.2 Å². The number of carbonyl (C=O) groups is 1. The Kier molecular flexibility index (Phi) is 6.64. The van der Waals surface area contributed by atoms with E-state index in [1.54, 1.807) is 16.8 Å². The number of amides is 1. The van der Waals surface area contributed by atoms with Crippen molar-refractivity contribution in [3.05, 3.63) is 57.6 Å². The average molecular weight is 485 g/mol. The van der Waals surface area contributed by atoms with E-state index in [1.807, 2.05) is 24.3 Å². The highest BCUT2D eigenvalue weighted by atomic mass is 35.5. The number of rotatable bonds is 6. The fourth-order valence-corrected chi connectivity index (χ4v) is 5.40. The van der Waals surface area contributed by atoms with Gasteiger partial charge in [0.05, 0.1) is 21.4 Å². The molecule has 0 aliphatic carbocycles. The van der Waals surface area contributed by atoms with Crippen molar-refractivity contribution in [2.75, 3.05) is 30.7 Å². The molecular formula is C23H25ClN6O2S. The fraction of sp³-hybridized carbons (Fsp3) is 0.391. The average Bonchev–Trinajstić information content (AvgIpc) is 2.83. The molecule has 1 fully saturated rings. The van der Waals surface area contributed by atoms with Gasteiger partial charge in [0.15, 0.2) is 0 Å². The van der Waals surface area contributed by atoms with E-state index in [9.17, 15) is 9.59 Å². The smallest absolute Gasteiger partial charge is 0.252 e. The maximum absolute atomic E-state index is 12.4. The van der Waals surface area contributed by atoms with E-state index < -0.39 is 0 Å². The molecule has 0 spiro atoms. The second-order valence-corrected chi connectivity index (χ2v) is 9.76. The predicted molar refractivity (Wildman–Crippen MR) is 131 cm³/mol. The Morgan fingerprint density at radius 2 is 2.03 bits per heavy atom. The fourth-order valence-electron chi connectivity index (χ4n) is 4.32. The Hall–Kier alpha value is -2.46. The first-order chi connectivity index (χ1) is 16.1. The van der Waals surface area contributed by atoms with Crippen molar-refractivity contribution in [2.45, 2.75) is 36.9 Å². The van der Waals surface area contributed by atoms with Crippen LogP contribution < -0.4 is 16.2 Å². The number of aromatic nitrogens is 3. The number of anilines is 1. The molecule has 5 rings (SSSR count). The lowest BCUT2D eigenvalue weighted by Crippen LogP contribution is -2.43. The SMILES string of the molecule is O=C1CSc2cc(Cl)c(CNC3CCN(CCn4c(=O)ccc5cccnc54)CC3)nc2N1. The third-order valence-electron chi connectivity index (χ3n) is 6.16. The maximum atomic E-state index is 12.4. The lowest BCUT2D eigenvalue weighted by molar-refractivity contribution is -0.113. The third kappa shape index (κ3) is 5.06. The van der Waals surface area contributed by atoms with E-state index in [2.05, 4.69) is 25.5 Å². The zero-order valence-electron chi connectivity index (χ0n) is 18.1. The minimum atomic E-state index is -0.0323. The van der Waals surface area contributed by atoms with Crippen LogP contribution in [0.2, 0.25) is 5.02 Å².